The van der Waals surface area contributed by atoms with Gasteiger partial charge in [-0.3, -0.25) is 13.9 Å². The molecule has 0 saturated heterocycles. The molecule has 0 bridgehead atoms. The largest absolute Gasteiger partial charge is 0.354 e. The van der Waals surface area contributed by atoms with Crippen LogP contribution in [0.15, 0.2) is 15.9 Å². The maximum Gasteiger partial charge on any atom is 0.332 e. The number of aryl methyl sites for hydroxylation is 1. The predicted octanol–water partition coefficient (Wildman–Crippen LogP) is -0.947. The highest BCUT2D eigenvalue weighted by molar-refractivity contribution is 5.69. The van der Waals surface area contributed by atoms with Crippen LogP contribution < -0.4 is 11.2 Å². The Morgan fingerprint density at radius 1 is 1.21 bits per heavy atom. The average molecular weight is 268 g/mol. The van der Waals surface area contributed by atoms with Crippen LogP contribution in [0.1, 0.15) is 0 Å². The zero-order valence-corrected chi connectivity index (χ0v) is 11.3. The summed E-state index contributed by atoms with van der Waals surface area (Å²) in [5.74, 6) is 0. The third-order valence-electron chi connectivity index (χ3n) is 3.08. The molecule has 0 amide bonds. The summed E-state index contributed by atoms with van der Waals surface area (Å²) >= 11 is 0. The maximum absolute atomic E-state index is 12.0. The Hall–Kier alpha value is -1.93. The number of methoxy groups -OCH3 is 2. The molecule has 0 aliphatic carbocycles. The van der Waals surface area contributed by atoms with Crippen molar-refractivity contribution in [3.8, 4) is 0 Å². The van der Waals surface area contributed by atoms with E-state index in [1.54, 1.807) is 11.6 Å². The molecule has 2 heterocycles. The van der Waals surface area contributed by atoms with Gasteiger partial charge in [-0.25, -0.2) is 9.78 Å². The van der Waals surface area contributed by atoms with E-state index in [-0.39, 0.29) is 5.52 Å². The molecule has 8 heteroatoms. The maximum atomic E-state index is 12.0. The summed E-state index contributed by atoms with van der Waals surface area (Å²) in [6, 6.07) is 0. The minimum Gasteiger partial charge on any atom is -0.354 e. The van der Waals surface area contributed by atoms with E-state index < -0.39 is 17.5 Å². The van der Waals surface area contributed by atoms with E-state index in [0.29, 0.717) is 12.2 Å². The third kappa shape index (κ3) is 2.08. The number of rotatable bonds is 4. The minimum atomic E-state index is -0.475. The highest BCUT2D eigenvalue weighted by Gasteiger charge is 2.16. The molecule has 0 N–H and O–H groups in total. The number of fused-ring (bicyclic) bond motifs is 1. The summed E-state index contributed by atoms with van der Waals surface area (Å²) in [6.07, 6.45) is 1.02. The van der Waals surface area contributed by atoms with Gasteiger partial charge in [0.2, 0.25) is 0 Å². The van der Waals surface area contributed by atoms with Crippen LogP contribution in [0, 0.1) is 0 Å². The Bertz CT molecular complexity index is 708. The zero-order chi connectivity index (χ0) is 14.2. The molecule has 0 fully saturated rings. The van der Waals surface area contributed by atoms with Gasteiger partial charge >= 0.3 is 5.69 Å². The van der Waals surface area contributed by atoms with Gasteiger partial charge in [-0.15, -0.1) is 0 Å². The second-order valence-electron chi connectivity index (χ2n) is 4.18. The van der Waals surface area contributed by atoms with Gasteiger partial charge < -0.3 is 14.0 Å². The van der Waals surface area contributed by atoms with Crippen molar-refractivity contribution in [2.75, 3.05) is 14.2 Å². The molecular formula is C11H16N4O4. The summed E-state index contributed by atoms with van der Waals surface area (Å²) in [6.45, 7) is 0.337. The van der Waals surface area contributed by atoms with Gasteiger partial charge in [-0.2, -0.15) is 0 Å². The summed E-state index contributed by atoms with van der Waals surface area (Å²) in [5, 5.41) is 0. The normalized spacial score (nSPS) is 11.6. The SMILES string of the molecule is COC(Cn1cnc2c(=O)n(C)c(=O)n(C)c21)OC. The van der Waals surface area contributed by atoms with Crippen LogP contribution in [-0.4, -0.2) is 39.2 Å². The minimum absolute atomic E-state index is 0.246. The van der Waals surface area contributed by atoms with E-state index in [1.807, 2.05) is 0 Å². The molecule has 0 aromatic carbocycles. The van der Waals surface area contributed by atoms with E-state index in [2.05, 4.69) is 4.98 Å². The van der Waals surface area contributed by atoms with Crippen LogP contribution in [0.25, 0.3) is 11.2 Å². The molecule has 0 aliphatic rings. The van der Waals surface area contributed by atoms with Crippen LogP contribution >= 0.6 is 0 Å². The van der Waals surface area contributed by atoms with Gasteiger partial charge in [0, 0.05) is 28.3 Å². The van der Waals surface area contributed by atoms with Gasteiger partial charge in [-0.05, 0) is 0 Å². The topological polar surface area (TPSA) is 80.3 Å². The van der Waals surface area contributed by atoms with E-state index in [9.17, 15) is 9.59 Å². The molecule has 0 unspecified atom stereocenters. The van der Waals surface area contributed by atoms with Crippen molar-refractivity contribution in [2.45, 2.75) is 12.8 Å². The Balaban J connectivity index is 2.66. The van der Waals surface area contributed by atoms with E-state index in [4.69, 9.17) is 9.47 Å². The first-order valence-electron chi connectivity index (χ1n) is 5.67. The zero-order valence-electron chi connectivity index (χ0n) is 11.3. The molecule has 0 radical (unpaired) electrons. The number of imidazole rings is 1. The molecule has 0 spiro atoms. The second kappa shape index (κ2) is 4.98. The van der Waals surface area contributed by atoms with Crippen LogP contribution in [0.2, 0.25) is 0 Å². The Morgan fingerprint density at radius 2 is 1.84 bits per heavy atom. The molecule has 2 aromatic rings. The lowest BCUT2D eigenvalue weighted by Gasteiger charge is -2.15. The Labute approximate surface area is 108 Å². The number of ether oxygens (including phenoxy) is 2. The average Bonchev–Trinajstić information content (AvgIpc) is 2.83. The monoisotopic (exact) mass is 268 g/mol. The third-order valence-corrected chi connectivity index (χ3v) is 3.08. The molecule has 19 heavy (non-hydrogen) atoms. The first-order valence-corrected chi connectivity index (χ1v) is 5.67. The molecular weight excluding hydrogens is 252 g/mol. The van der Waals surface area contributed by atoms with Gasteiger partial charge in [0.25, 0.3) is 5.56 Å². The van der Waals surface area contributed by atoms with Gasteiger partial charge in [-0.1, -0.05) is 0 Å². The van der Waals surface area contributed by atoms with Crippen LogP contribution in [0.4, 0.5) is 0 Å². The smallest absolute Gasteiger partial charge is 0.332 e. The Morgan fingerprint density at radius 3 is 2.42 bits per heavy atom. The van der Waals surface area contributed by atoms with Crippen LogP contribution in [0.5, 0.6) is 0 Å². The summed E-state index contributed by atoms with van der Waals surface area (Å²) < 4.78 is 14.3. The van der Waals surface area contributed by atoms with Crippen LogP contribution in [0.3, 0.4) is 0 Å². The number of aromatic nitrogens is 4. The molecule has 8 nitrogen and oxygen atoms in total. The van der Waals surface area contributed by atoms with E-state index in [1.165, 1.54) is 32.2 Å². The van der Waals surface area contributed by atoms with Gasteiger partial charge in [0.1, 0.15) is 5.65 Å². The van der Waals surface area contributed by atoms with Crippen molar-refractivity contribution >= 4 is 11.2 Å². The second-order valence-corrected chi connectivity index (χ2v) is 4.18. The standard InChI is InChI=1S/C11H16N4O4/c1-13-9-8(10(16)14(2)11(13)17)12-6-15(9)5-7(18-3)19-4/h6-7H,5H2,1-4H3. The van der Waals surface area contributed by atoms with Gasteiger partial charge in [0.15, 0.2) is 11.8 Å². The van der Waals surface area contributed by atoms with Crippen molar-refractivity contribution < 1.29 is 9.47 Å². The van der Waals surface area contributed by atoms with Crippen molar-refractivity contribution in [3.05, 3.63) is 27.2 Å². The van der Waals surface area contributed by atoms with Crippen LogP contribution in [-0.2, 0) is 30.1 Å². The lowest BCUT2D eigenvalue weighted by atomic mass is 10.5. The van der Waals surface area contributed by atoms with Crippen molar-refractivity contribution in [1.82, 2.24) is 18.7 Å². The first-order chi connectivity index (χ1) is 9.01. The molecule has 0 atom stereocenters. The molecule has 104 valence electrons. The lowest BCUT2D eigenvalue weighted by Crippen LogP contribution is -2.37. The highest BCUT2D eigenvalue weighted by atomic mass is 16.7. The van der Waals surface area contributed by atoms with Crippen molar-refractivity contribution in [3.63, 3.8) is 0 Å². The Kier molecular flexibility index (Phi) is 3.54. The van der Waals surface area contributed by atoms with Crippen molar-refractivity contribution in [1.29, 1.82) is 0 Å². The quantitative estimate of drug-likeness (QED) is 0.668. The number of hydrogen-bond donors (Lipinski definition) is 0. The summed E-state index contributed by atoms with van der Waals surface area (Å²) in [7, 11) is 6.06. The van der Waals surface area contributed by atoms with Gasteiger partial charge in [0.05, 0.1) is 12.9 Å². The number of hydrogen-bond acceptors (Lipinski definition) is 5. The molecule has 2 aromatic heterocycles. The van der Waals surface area contributed by atoms with Crippen molar-refractivity contribution in [2.24, 2.45) is 14.1 Å². The lowest BCUT2D eigenvalue weighted by molar-refractivity contribution is -0.110. The summed E-state index contributed by atoms with van der Waals surface area (Å²) in [4.78, 5) is 27.9. The molecule has 2 rings (SSSR count). The first kappa shape index (κ1) is 13.5. The number of nitrogens with zero attached hydrogens (tertiary/aromatic N) is 4. The molecule has 0 aliphatic heterocycles. The fourth-order valence-corrected chi connectivity index (χ4v) is 1.98. The van der Waals surface area contributed by atoms with E-state index >= 15 is 0 Å². The fourth-order valence-electron chi connectivity index (χ4n) is 1.98. The highest BCUT2D eigenvalue weighted by Crippen LogP contribution is 2.08. The fraction of sp³-hybridized carbons (Fsp3) is 0.545. The summed E-state index contributed by atoms with van der Waals surface area (Å²) in [5.41, 5.74) is -0.114. The molecule has 0 saturated carbocycles. The predicted molar refractivity (Wildman–Crippen MR) is 68.0 cm³/mol. The van der Waals surface area contributed by atoms with E-state index in [0.717, 1.165) is 4.57 Å².